The van der Waals surface area contributed by atoms with Crippen molar-refractivity contribution in [1.82, 2.24) is 5.32 Å². The average Bonchev–Trinajstić information content (AvgIpc) is 3.50. The molecule has 0 aromatic heterocycles. The molecule has 4 rings (SSSR count). The number of nitrogens with one attached hydrogen (secondary N) is 1. The summed E-state index contributed by atoms with van der Waals surface area (Å²) < 4.78 is 24.6. The molecule has 2 saturated carbocycles. The third kappa shape index (κ3) is 5.66. The number of carboxylic acid groups (broad SMARTS) is 1. The Balaban J connectivity index is 1.29. The molecule has 2 fully saturated rings. The highest BCUT2D eigenvalue weighted by atomic mass is 35.5. The van der Waals surface area contributed by atoms with Gasteiger partial charge in [-0.25, -0.2) is 9.38 Å². The van der Waals surface area contributed by atoms with E-state index in [1.807, 2.05) is 6.92 Å². The SMILES string of the molecule is CC1CC(OC2CCC(C(=O)O)CC2)=NC2CC12NC(=O)C(=[N-])OC(N)=NC1=CC(F)C(Cl)C=C1. The number of carboxylic acids is 1. The van der Waals surface area contributed by atoms with Gasteiger partial charge in [0.15, 0.2) is 5.90 Å². The van der Waals surface area contributed by atoms with Crippen LogP contribution in [0.5, 0.6) is 0 Å². The van der Waals surface area contributed by atoms with Crippen LogP contribution in [0.4, 0.5) is 4.39 Å². The molecule has 5 atom stereocenters. The predicted molar refractivity (Wildman–Crippen MR) is 128 cm³/mol. The van der Waals surface area contributed by atoms with Crippen LogP contribution in [0.2, 0.25) is 0 Å². The number of halogens is 2. The second-order valence-corrected chi connectivity index (χ2v) is 9.97. The fourth-order valence-corrected chi connectivity index (χ4v) is 4.97. The molecule has 1 heterocycles. The lowest BCUT2D eigenvalue weighted by Crippen LogP contribution is -2.50. The van der Waals surface area contributed by atoms with E-state index < -0.39 is 40.9 Å². The number of carbonyl (C=O) groups excluding carboxylic acids is 1. The number of carbonyl (C=O) groups is 2. The number of aliphatic imine (C=N–C) groups is 2. The van der Waals surface area contributed by atoms with Crippen LogP contribution in [0.15, 0.2) is 33.9 Å². The first kappa shape index (κ1) is 25.2. The fraction of sp³-hybridized carbons (Fsp3) is 0.609. The Morgan fingerprint density at radius 1 is 1.37 bits per heavy atom. The van der Waals surface area contributed by atoms with Gasteiger partial charge in [0.05, 0.1) is 34.5 Å². The van der Waals surface area contributed by atoms with Gasteiger partial charge in [-0.3, -0.25) is 9.59 Å². The summed E-state index contributed by atoms with van der Waals surface area (Å²) in [7, 11) is 0. The van der Waals surface area contributed by atoms with Crippen molar-refractivity contribution >= 4 is 41.3 Å². The number of nitrogens with zero attached hydrogens (tertiary/aromatic N) is 3. The smallest absolute Gasteiger partial charge is 0.306 e. The van der Waals surface area contributed by atoms with Crippen LogP contribution in [0.25, 0.3) is 5.41 Å². The molecule has 12 heteroatoms. The Hall–Kier alpha value is -2.95. The Morgan fingerprint density at radius 2 is 2.09 bits per heavy atom. The van der Waals surface area contributed by atoms with E-state index in [1.165, 1.54) is 12.2 Å². The third-order valence-corrected chi connectivity index (χ3v) is 7.40. The van der Waals surface area contributed by atoms with Crippen molar-refractivity contribution in [2.45, 2.75) is 74.7 Å². The third-order valence-electron chi connectivity index (χ3n) is 7.02. The van der Waals surface area contributed by atoms with Crippen LogP contribution in [-0.2, 0) is 19.1 Å². The number of nitrogens with two attached hydrogens (primary N) is 1. The maximum absolute atomic E-state index is 13.6. The van der Waals surface area contributed by atoms with E-state index in [4.69, 9.17) is 31.9 Å². The zero-order valence-corrected chi connectivity index (χ0v) is 19.9. The minimum atomic E-state index is -1.44. The number of amidine groups is 1. The van der Waals surface area contributed by atoms with Gasteiger partial charge in [-0.15, -0.1) is 11.6 Å². The van der Waals surface area contributed by atoms with Crippen molar-refractivity contribution in [1.29, 1.82) is 0 Å². The fourth-order valence-electron chi connectivity index (χ4n) is 4.82. The monoisotopic (exact) mass is 508 g/mol. The molecule has 0 spiro atoms. The second-order valence-electron chi connectivity index (χ2n) is 9.47. The Bertz CT molecular complexity index is 1020. The molecule has 0 bridgehead atoms. The minimum absolute atomic E-state index is 0.0133. The largest absolute Gasteiger partial charge is 0.766 e. The first-order valence-electron chi connectivity index (χ1n) is 11.6. The number of alkyl halides is 2. The number of ether oxygens (including phenoxy) is 2. The number of allylic oxidation sites excluding steroid dienone is 3. The minimum Gasteiger partial charge on any atom is -0.766 e. The molecule has 0 saturated heterocycles. The lowest BCUT2D eigenvalue weighted by Gasteiger charge is -2.33. The zero-order chi connectivity index (χ0) is 25.3. The zero-order valence-electron chi connectivity index (χ0n) is 19.2. The van der Waals surface area contributed by atoms with Crippen LogP contribution in [0, 0.1) is 11.8 Å². The molecule has 0 aromatic carbocycles. The Labute approximate surface area is 207 Å². The number of hydrogen-bond acceptors (Lipinski definition) is 6. The van der Waals surface area contributed by atoms with Gasteiger partial charge in [-0.05, 0) is 50.2 Å². The molecule has 4 aliphatic rings. The van der Waals surface area contributed by atoms with Gasteiger partial charge < -0.3 is 31.0 Å². The molecular weight excluding hydrogens is 481 g/mol. The number of amides is 1. The van der Waals surface area contributed by atoms with Crippen molar-refractivity contribution in [3.63, 3.8) is 0 Å². The van der Waals surface area contributed by atoms with Crippen molar-refractivity contribution in [3.8, 4) is 0 Å². The summed E-state index contributed by atoms with van der Waals surface area (Å²) in [6.07, 6.45) is 6.13. The summed E-state index contributed by atoms with van der Waals surface area (Å²) in [4.78, 5) is 32.1. The molecule has 4 N–H and O–H groups in total. The summed E-state index contributed by atoms with van der Waals surface area (Å²) in [5.41, 5.74) is 5.15. The van der Waals surface area contributed by atoms with E-state index in [-0.39, 0.29) is 29.7 Å². The summed E-state index contributed by atoms with van der Waals surface area (Å²) in [5, 5.41) is 21.2. The quantitative estimate of drug-likeness (QED) is 0.300. The number of rotatable bonds is 4. The summed E-state index contributed by atoms with van der Waals surface area (Å²) in [5.74, 6) is -2.31. The normalized spacial score (nSPS) is 36.3. The lowest BCUT2D eigenvalue weighted by molar-refractivity contribution is -0.143. The molecule has 10 nitrogen and oxygen atoms in total. The van der Waals surface area contributed by atoms with E-state index in [0.717, 1.165) is 6.08 Å². The standard InChI is InChI=1S/C23H28ClFN5O5/c1-11-8-18(34-14-5-2-12(3-6-14)21(32)33)29-17-10-23(11,17)30-20(31)19(26)35-22(27)28-13-4-7-15(24)16(25)9-13/h4,7,9,11-12,14-17H,2-3,5-6,8,10H2,1H3,(H2,27,28)(H,30,31)(H,32,33)/q-1. The summed E-state index contributed by atoms with van der Waals surface area (Å²) >= 11 is 5.74. The highest BCUT2D eigenvalue weighted by Gasteiger charge is 2.61. The van der Waals surface area contributed by atoms with E-state index in [2.05, 4.69) is 15.3 Å². The van der Waals surface area contributed by atoms with Crippen molar-refractivity contribution < 1.29 is 28.6 Å². The Kier molecular flexibility index (Phi) is 7.16. The lowest BCUT2D eigenvalue weighted by atomic mass is 9.87. The molecule has 0 aromatic rings. The van der Waals surface area contributed by atoms with Crippen LogP contribution in [0.1, 0.15) is 45.4 Å². The van der Waals surface area contributed by atoms with E-state index in [9.17, 15) is 19.4 Å². The second kappa shape index (κ2) is 9.96. The molecule has 35 heavy (non-hydrogen) atoms. The van der Waals surface area contributed by atoms with Gasteiger partial charge in [0.25, 0.3) is 11.9 Å². The van der Waals surface area contributed by atoms with Gasteiger partial charge >= 0.3 is 5.97 Å². The number of hydrogen-bond donors (Lipinski definition) is 3. The first-order valence-corrected chi connectivity index (χ1v) is 12.1. The van der Waals surface area contributed by atoms with Gasteiger partial charge in [-0.1, -0.05) is 13.0 Å². The van der Waals surface area contributed by atoms with Crippen molar-refractivity contribution in [2.24, 2.45) is 27.6 Å². The van der Waals surface area contributed by atoms with Crippen LogP contribution in [-0.4, -0.2) is 64.0 Å². The molecule has 1 amide bonds. The van der Waals surface area contributed by atoms with E-state index >= 15 is 0 Å². The van der Waals surface area contributed by atoms with Gasteiger partial charge in [0.1, 0.15) is 12.3 Å². The topological polar surface area (TPSA) is 158 Å². The van der Waals surface area contributed by atoms with Crippen molar-refractivity contribution in [3.05, 3.63) is 29.3 Å². The highest BCUT2D eigenvalue weighted by Crippen LogP contribution is 2.50. The summed E-state index contributed by atoms with van der Waals surface area (Å²) in [6.45, 7) is 1.97. The van der Waals surface area contributed by atoms with Gasteiger partial charge in [-0.2, -0.15) is 4.99 Å². The number of aliphatic carboxylic acids is 1. The molecule has 190 valence electrons. The molecular formula is C23H28ClFN5O5-. The first-order chi connectivity index (χ1) is 16.6. The molecule has 3 aliphatic carbocycles. The van der Waals surface area contributed by atoms with Gasteiger partial charge in [0.2, 0.25) is 0 Å². The number of fused-ring (bicyclic) bond motifs is 1. The average molecular weight is 509 g/mol. The summed E-state index contributed by atoms with van der Waals surface area (Å²) in [6, 6.07) is -0.719. The maximum Gasteiger partial charge on any atom is 0.306 e. The van der Waals surface area contributed by atoms with Crippen LogP contribution < -0.4 is 11.1 Å². The van der Waals surface area contributed by atoms with Crippen molar-refractivity contribution in [2.75, 3.05) is 0 Å². The van der Waals surface area contributed by atoms with E-state index in [0.29, 0.717) is 44.4 Å². The van der Waals surface area contributed by atoms with Crippen LogP contribution >= 0.6 is 11.6 Å². The van der Waals surface area contributed by atoms with Crippen LogP contribution in [0.3, 0.4) is 0 Å². The van der Waals surface area contributed by atoms with Gasteiger partial charge in [0, 0.05) is 6.42 Å². The Morgan fingerprint density at radius 3 is 2.71 bits per heavy atom. The molecule has 5 unspecified atom stereocenters. The predicted octanol–water partition coefficient (Wildman–Crippen LogP) is 2.41. The maximum atomic E-state index is 13.6. The molecule has 1 aliphatic heterocycles. The molecule has 0 radical (unpaired) electrons. The highest BCUT2D eigenvalue weighted by molar-refractivity contribution is 6.38. The van der Waals surface area contributed by atoms with E-state index in [1.54, 1.807) is 0 Å².